The van der Waals surface area contributed by atoms with Gasteiger partial charge in [0.15, 0.2) is 0 Å². The average Bonchev–Trinajstić information content (AvgIpc) is 3.10. The topological polar surface area (TPSA) is 38.8 Å². The van der Waals surface area contributed by atoms with E-state index < -0.39 is 0 Å². The maximum absolute atomic E-state index is 13.0. The van der Waals surface area contributed by atoms with Crippen molar-refractivity contribution in [2.24, 2.45) is 0 Å². The van der Waals surface area contributed by atoms with Crippen LogP contribution in [0.25, 0.3) is 6.08 Å². The molecule has 0 unspecified atom stereocenters. The number of carbonyl (C=O) groups excluding carboxylic acids is 1. The monoisotopic (exact) mass is 503 g/mol. The van der Waals surface area contributed by atoms with Crippen LogP contribution in [0.4, 0.5) is 0 Å². The summed E-state index contributed by atoms with van der Waals surface area (Å²) in [6.07, 6.45) is 1.85. The highest BCUT2D eigenvalue weighted by Crippen LogP contribution is 2.35. The minimum Gasteiger partial charge on any atom is -0.490 e. The number of carbonyl (C=O) groups is 1. The van der Waals surface area contributed by atoms with E-state index in [-0.39, 0.29) is 11.3 Å². The van der Waals surface area contributed by atoms with Crippen molar-refractivity contribution in [2.45, 2.75) is 32.7 Å². The van der Waals surface area contributed by atoms with Gasteiger partial charge in [0, 0.05) is 5.56 Å². The number of thiocarbonyl (C=S) groups is 1. The van der Waals surface area contributed by atoms with Gasteiger partial charge in [-0.3, -0.25) is 9.69 Å². The van der Waals surface area contributed by atoms with Gasteiger partial charge in [-0.1, -0.05) is 105 Å². The van der Waals surface area contributed by atoms with Crippen molar-refractivity contribution in [1.82, 2.24) is 4.90 Å². The van der Waals surface area contributed by atoms with Gasteiger partial charge in [-0.2, -0.15) is 0 Å². The standard InChI is InChI=1S/C29H29NO3S2/c1-29(2,3)23-13-15-24(16-14-23)32-17-18-33-25-12-8-7-11-22(25)19-26-27(31)30(28(34)35-26)20-21-9-5-4-6-10-21/h4-16,19H,17-18,20H2,1-3H3/b26-19+. The molecule has 6 heteroatoms. The normalized spacial score (nSPS) is 15.1. The molecule has 0 aromatic heterocycles. The SMILES string of the molecule is CC(C)(C)c1ccc(OCCOc2ccccc2/C=C2/SC(=S)N(Cc3ccccc3)C2=O)cc1. The Morgan fingerprint density at radius 1 is 0.886 bits per heavy atom. The third kappa shape index (κ3) is 6.53. The van der Waals surface area contributed by atoms with Crippen molar-refractivity contribution in [3.8, 4) is 11.5 Å². The molecule has 4 rings (SSSR count). The second-order valence-electron chi connectivity index (χ2n) is 9.26. The molecule has 0 radical (unpaired) electrons. The summed E-state index contributed by atoms with van der Waals surface area (Å²) >= 11 is 6.80. The van der Waals surface area contributed by atoms with Gasteiger partial charge in [-0.15, -0.1) is 0 Å². The molecule has 0 bridgehead atoms. The Bertz CT molecular complexity index is 1210. The zero-order valence-corrected chi connectivity index (χ0v) is 21.8. The minimum absolute atomic E-state index is 0.0827. The molecular formula is C29H29NO3S2. The molecule has 1 heterocycles. The van der Waals surface area contributed by atoms with Gasteiger partial charge in [0.1, 0.15) is 29.0 Å². The lowest BCUT2D eigenvalue weighted by atomic mass is 9.87. The Balaban J connectivity index is 1.36. The van der Waals surface area contributed by atoms with E-state index in [0.29, 0.717) is 34.7 Å². The zero-order chi connectivity index (χ0) is 24.8. The van der Waals surface area contributed by atoms with E-state index in [2.05, 4.69) is 32.9 Å². The maximum Gasteiger partial charge on any atom is 0.266 e. The second kappa shape index (κ2) is 11.1. The summed E-state index contributed by atoms with van der Waals surface area (Å²) in [4.78, 5) is 15.3. The number of hydrogen-bond acceptors (Lipinski definition) is 5. The van der Waals surface area contributed by atoms with Gasteiger partial charge in [-0.25, -0.2) is 0 Å². The zero-order valence-electron chi connectivity index (χ0n) is 20.2. The molecule has 0 aliphatic carbocycles. The first-order valence-corrected chi connectivity index (χ1v) is 12.8. The summed E-state index contributed by atoms with van der Waals surface area (Å²) in [6.45, 7) is 7.85. The van der Waals surface area contributed by atoms with E-state index in [9.17, 15) is 4.79 Å². The van der Waals surface area contributed by atoms with Crippen molar-refractivity contribution in [1.29, 1.82) is 0 Å². The number of benzene rings is 3. The lowest BCUT2D eigenvalue weighted by molar-refractivity contribution is -0.122. The number of hydrogen-bond donors (Lipinski definition) is 0. The molecule has 0 saturated carbocycles. The molecule has 3 aromatic rings. The van der Waals surface area contributed by atoms with Crippen LogP contribution < -0.4 is 9.47 Å². The molecule has 1 aliphatic rings. The quantitative estimate of drug-likeness (QED) is 0.191. The Kier molecular flexibility index (Phi) is 7.93. The predicted molar refractivity (Wildman–Crippen MR) is 148 cm³/mol. The van der Waals surface area contributed by atoms with Crippen LogP contribution in [0.2, 0.25) is 0 Å². The van der Waals surface area contributed by atoms with Gasteiger partial charge in [0.2, 0.25) is 0 Å². The lowest BCUT2D eigenvalue weighted by Gasteiger charge is -2.19. The fourth-order valence-corrected chi connectivity index (χ4v) is 4.88. The number of nitrogens with zero attached hydrogens (tertiary/aromatic N) is 1. The van der Waals surface area contributed by atoms with E-state index in [0.717, 1.165) is 16.9 Å². The molecule has 0 atom stereocenters. The predicted octanol–water partition coefficient (Wildman–Crippen LogP) is 6.84. The molecule has 1 amide bonds. The van der Waals surface area contributed by atoms with Gasteiger partial charge in [-0.05, 0) is 40.8 Å². The number of para-hydroxylation sites is 1. The minimum atomic E-state index is -0.0827. The molecular weight excluding hydrogens is 474 g/mol. The van der Waals surface area contributed by atoms with Crippen LogP contribution >= 0.6 is 24.0 Å². The van der Waals surface area contributed by atoms with Crippen LogP contribution in [0.15, 0.2) is 83.8 Å². The van der Waals surface area contributed by atoms with Crippen LogP contribution in [-0.4, -0.2) is 28.3 Å². The Morgan fingerprint density at radius 2 is 1.54 bits per heavy atom. The summed E-state index contributed by atoms with van der Waals surface area (Å²) in [5.41, 5.74) is 3.26. The van der Waals surface area contributed by atoms with Crippen molar-refractivity contribution in [3.63, 3.8) is 0 Å². The number of thioether (sulfide) groups is 1. The van der Waals surface area contributed by atoms with Crippen LogP contribution in [0, 0.1) is 0 Å². The van der Waals surface area contributed by atoms with Crippen LogP contribution in [0.1, 0.15) is 37.5 Å². The Morgan fingerprint density at radius 3 is 2.26 bits per heavy atom. The van der Waals surface area contributed by atoms with Crippen molar-refractivity contribution in [3.05, 3.63) is 100 Å². The first-order chi connectivity index (χ1) is 16.8. The van der Waals surface area contributed by atoms with Crippen LogP contribution in [-0.2, 0) is 16.8 Å². The van der Waals surface area contributed by atoms with E-state index >= 15 is 0 Å². The smallest absolute Gasteiger partial charge is 0.266 e. The van der Waals surface area contributed by atoms with Gasteiger partial charge >= 0.3 is 0 Å². The summed E-state index contributed by atoms with van der Waals surface area (Å²) < 4.78 is 12.4. The summed E-state index contributed by atoms with van der Waals surface area (Å²) in [7, 11) is 0. The maximum atomic E-state index is 13.0. The number of ether oxygens (including phenoxy) is 2. The molecule has 4 nitrogen and oxygen atoms in total. The first-order valence-electron chi connectivity index (χ1n) is 11.6. The molecule has 0 N–H and O–H groups in total. The van der Waals surface area contributed by atoms with Gasteiger partial charge < -0.3 is 9.47 Å². The van der Waals surface area contributed by atoms with E-state index in [1.165, 1.54) is 17.3 Å². The van der Waals surface area contributed by atoms with Gasteiger partial charge in [0.25, 0.3) is 5.91 Å². The molecule has 35 heavy (non-hydrogen) atoms. The molecule has 1 fully saturated rings. The Labute approximate surface area is 216 Å². The second-order valence-corrected chi connectivity index (χ2v) is 10.9. The van der Waals surface area contributed by atoms with Crippen LogP contribution in [0.5, 0.6) is 11.5 Å². The van der Waals surface area contributed by atoms with E-state index in [1.54, 1.807) is 4.90 Å². The fourth-order valence-electron chi connectivity index (χ4n) is 3.64. The van der Waals surface area contributed by atoms with Crippen molar-refractivity contribution in [2.75, 3.05) is 13.2 Å². The first kappa shape index (κ1) is 25.0. The highest BCUT2D eigenvalue weighted by molar-refractivity contribution is 8.26. The Hall–Kier alpha value is -3.09. The van der Waals surface area contributed by atoms with Crippen molar-refractivity contribution < 1.29 is 14.3 Å². The summed E-state index contributed by atoms with van der Waals surface area (Å²) in [6, 6.07) is 25.7. The molecule has 1 saturated heterocycles. The van der Waals surface area contributed by atoms with Crippen molar-refractivity contribution >= 4 is 40.3 Å². The average molecular weight is 504 g/mol. The molecule has 3 aromatic carbocycles. The number of rotatable bonds is 8. The molecule has 1 aliphatic heterocycles. The van der Waals surface area contributed by atoms with Crippen LogP contribution in [0.3, 0.4) is 0 Å². The van der Waals surface area contributed by atoms with E-state index in [1.807, 2.05) is 72.8 Å². The molecule has 180 valence electrons. The third-order valence-corrected chi connectivity index (χ3v) is 6.97. The van der Waals surface area contributed by atoms with Gasteiger partial charge in [0.05, 0.1) is 11.4 Å². The summed E-state index contributed by atoms with van der Waals surface area (Å²) in [5, 5.41) is 0. The third-order valence-electron chi connectivity index (χ3n) is 5.59. The summed E-state index contributed by atoms with van der Waals surface area (Å²) in [5.74, 6) is 1.44. The number of amides is 1. The molecule has 0 spiro atoms. The fraction of sp³-hybridized carbons (Fsp3) is 0.241. The van der Waals surface area contributed by atoms with E-state index in [4.69, 9.17) is 21.7 Å². The largest absolute Gasteiger partial charge is 0.490 e. The highest BCUT2D eigenvalue weighted by atomic mass is 32.2. The lowest BCUT2D eigenvalue weighted by Crippen LogP contribution is -2.27. The highest BCUT2D eigenvalue weighted by Gasteiger charge is 2.32.